The highest BCUT2D eigenvalue weighted by Gasteiger charge is 2.06. The third kappa shape index (κ3) is 4.45. The predicted octanol–water partition coefficient (Wildman–Crippen LogP) is 3.23. The summed E-state index contributed by atoms with van der Waals surface area (Å²) >= 11 is 1.53. The van der Waals surface area contributed by atoms with Gasteiger partial charge < -0.3 is 9.73 Å². The van der Waals surface area contributed by atoms with Gasteiger partial charge in [0.15, 0.2) is 5.58 Å². The molecule has 2 N–H and O–H groups in total. The number of anilines is 1. The predicted molar refractivity (Wildman–Crippen MR) is 93.1 cm³/mol. The van der Waals surface area contributed by atoms with Gasteiger partial charge in [-0.05, 0) is 31.5 Å². The number of nitrogens with one attached hydrogen (secondary N) is 2. The summed E-state index contributed by atoms with van der Waals surface area (Å²) in [6.45, 7) is 2.39. The lowest BCUT2D eigenvalue weighted by Gasteiger charge is -2.06. The lowest BCUT2D eigenvalue weighted by molar-refractivity contribution is 0.252. The number of benzene rings is 1. The fourth-order valence-electron chi connectivity index (χ4n) is 2.00. The molecular weight excluding hydrogens is 326 g/mol. The van der Waals surface area contributed by atoms with Gasteiger partial charge in [-0.15, -0.1) is 0 Å². The summed E-state index contributed by atoms with van der Waals surface area (Å²) in [7, 11) is 0. The molecule has 2 heterocycles. The average Bonchev–Trinajstić information content (AvgIpc) is 2.97. The third-order valence-electron chi connectivity index (χ3n) is 3.13. The van der Waals surface area contributed by atoms with E-state index in [1.807, 2.05) is 31.2 Å². The molecule has 0 saturated carbocycles. The van der Waals surface area contributed by atoms with Crippen molar-refractivity contribution in [1.29, 1.82) is 0 Å². The fraction of sp³-hybridized carbons (Fsp3) is 0.250. The maximum atomic E-state index is 11.7. The summed E-state index contributed by atoms with van der Waals surface area (Å²) in [6, 6.07) is 9.12. The second-order valence-corrected chi connectivity index (χ2v) is 6.10. The van der Waals surface area contributed by atoms with E-state index in [9.17, 15) is 4.79 Å². The highest BCUT2D eigenvalue weighted by Crippen LogP contribution is 2.23. The molecule has 0 saturated heterocycles. The van der Waals surface area contributed by atoms with E-state index in [4.69, 9.17) is 4.42 Å². The van der Waals surface area contributed by atoms with Crippen molar-refractivity contribution in [2.45, 2.75) is 18.6 Å². The lowest BCUT2D eigenvalue weighted by atomic mass is 10.3. The van der Waals surface area contributed by atoms with Gasteiger partial charge in [0.1, 0.15) is 5.52 Å². The molecule has 0 aliphatic heterocycles. The van der Waals surface area contributed by atoms with E-state index in [0.717, 1.165) is 29.0 Å². The first kappa shape index (κ1) is 16.3. The fourth-order valence-corrected chi connectivity index (χ4v) is 2.78. The molecule has 24 heavy (non-hydrogen) atoms. The number of urea groups is 1. The van der Waals surface area contributed by atoms with Crippen LogP contribution in [0.5, 0.6) is 0 Å². The molecule has 1 aromatic carbocycles. The van der Waals surface area contributed by atoms with Crippen molar-refractivity contribution in [3.63, 3.8) is 0 Å². The first-order valence-corrected chi connectivity index (χ1v) is 8.52. The molecule has 3 rings (SSSR count). The minimum Gasteiger partial charge on any atom is -0.431 e. The first-order valence-electron chi connectivity index (χ1n) is 7.53. The van der Waals surface area contributed by atoms with Gasteiger partial charge in [-0.3, -0.25) is 5.32 Å². The monoisotopic (exact) mass is 343 g/mol. The van der Waals surface area contributed by atoms with Crippen molar-refractivity contribution in [2.24, 2.45) is 0 Å². The van der Waals surface area contributed by atoms with Gasteiger partial charge in [0.25, 0.3) is 5.22 Å². The molecule has 8 heteroatoms. The van der Waals surface area contributed by atoms with Crippen molar-refractivity contribution >= 4 is 34.8 Å². The van der Waals surface area contributed by atoms with Crippen LogP contribution in [-0.2, 0) is 0 Å². The second-order valence-electron chi connectivity index (χ2n) is 5.05. The zero-order chi connectivity index (χ0) is 16.8. The third-order valence-corrected chi connectivity index (χ3v) is 4.04. The number of carbonyl (C=O) groups excluding carboxylic acids is 1. The van der Waals surface area contributed by atoms with Gasteiger partial charge in [0.2, 0.25) is 5.95 Å². The normalized spacial score (nSPS) is 10.7. The number of amides is 2. The van der Waals surface area contributed by atoms with Crippen LogP contribution in [0.4, 0.5) is 10.7 Å². The number of rotatable bonds is 6. The number of aryl methyl sites for hydroxylation is 1. The smallest absolute Gasteiger partial charge is 0.321 e. The molecule has 2 aromatic heterocycles. The van der Waals surface area contributed by atoms with E-state index in [-0.39, 0.29) is 6.03 Å². The Bertz CT molecular complexity index is 803. The number of aromatic nitrogens is 3. The topological polar surface area (TPSA) is 92.9 Å². The molecule has 0 bridgehead atoms. The van der Waals surface area contributed by atoms with Crippen LogP contribution in [0, 0.1) is 6.92 Å². The molecule has 0 aliphatic rings. The van der Waals surface area contributed by atoms with E-state index in [0.29, 0.717) is 17.7 Å². The van der Waals surface area contributed by atoms with E-state index in [2.05, 4.69) is 25.6 Å². The van der Waals surface area contributed by atoms with E-state index in [1.54, 1.807) is 12.3 Å². The molecule has 0 unspecified atom stereocenters. The number of para-hydroxylation sites is 2. The number of fused-ring (bicyclic) bond motifs is 1. The Morgan fingerprint density at radius 2 is 2.12 bits per heavy atom. The van der Waals surface area contributed by atoms with E-state index in [1.165, 1.54) is 11.8 Å². The maximum Gasteiger partial charge on any atom is 0.321 e. The SMILES string of the molecule is Cc1ccnc(NC(=O)NCCCSc2nc3ccccc3o2)n1. The largest absolute Gasteiger partial charge is 0.431 e. The van der Waals surface area contributed by atoms with Crippen molar-refractivity contribution in [2.75, 3.05) is 17.6 Å². The van der Waals surface area contributed by atoms with Gasteiger partial charge in [-0.2, -0.15) is 0 Å². The van der Waals surface area contributed by atoms with Gasteiger partial charge in [-0.25, -0.2) is 19.7 Å². The highest BCUT2D eigenvalue weighted by molar-refractivity contribution is 7.99. The summed E-state index contributed by atoms with van der Waals surface area (Å²) in [4.78, 5) is 24.2. The number of nitrogens with zero attached hydrogens (tertiary/aromatic N) is 3. The van der Waals surface area contributed by atoms with Crippen LogP contribution >= 0.6 is 11.8 Å². The minimum absolute atomic E-state index is 0.299. The molecule has 7 nitrogen and oxygen atoms in total. The van der Waals surface area contributed by atoms with Gasteiger partial charge in [-0.1, -0.05) is 23.9 Å². The van der Waals surface area contributed by atoms with Gasteiger partial charge >= 0.3 is 6.03 Å². The molecule has 0 fully saturated rings. The van der Waals surface area contributed by atoms with Crippen LogP contribution in [0.15, 0.2) is 46.2 Å². The van der Waals surface area contributed by atoms with Gasteiger partial charge in [0.05, 0.1) is 0 Å². The van der Waals surface area contributed by atoms with Crippen LogP contribution in [0.2, 0.25) is 0 Å². The zero-order valence-corrected chi connectivity index (χ0v) is 14.0. The molecule has 0 atom stereocenters. The molecule has 124 valence electrons. The molecular formula is C16H17N5O2S. The zero-order valence-electron chi connectivity index (χ0n) is 13.2. The quantitative estimate of drug-likeness (QED) is 0.527. The van der Waals surface area contributed by atoms with Crippen LogP contribution in [0.1, 0.15) is 12.1 Å². The lowest BCUT2D eigenvalue weighted by Crippen LogP contribution is -2.30. The highest BCUT2D eigenvalue weighted by atomic mass is 32.2. The van der Waals surface area contributed by atoms with Crippen molar-refractivity contribution < 1.29 is 9.21 Å². The molecule has 3 aromatic rings. The number of hydrogen-bond donors (Lipinski definition) is 2. The Morgan fingerprint density at radius 3 is 2.96 bits per heavy atom. The van der Waals surface area contributed by atoms with Gasteiger partial charge in [0, 0.05) is 24.2 Å². The van der Waals surface area contributed by atoms with Crippen LogP contribution in [-0.4, -0.2) is 33.3 Å². The van der Waals surface area contributed by atoms with E-state index < -0.39 is 0 Å². The molecule has 0 aliphatic carbocycles. The second kappa shape index (κ2) is 7.78. The van der Waals surface area contributed by atoms with Crippen LogP contribution in [0.25, 0.3) is 11.1 Å². The first-order chi connectivity index (χ1) is 11.7. The van der Waals surface area contributed by atoms with Crippen LogP contribution < -0.4 is 10.6 Å². The number of carbonyl (C=O) groups is 1. The Balaban J connectivity index is 1.37. The Kier molecular flexibility index (Phi) is 5.27. The molecule has 0 spiro atoms. The summed E-state index contributed by atoms with van der Waals surface area (Å²) < 4.78 is 5.62. The average molecular weight is 343 g/mol. The Labute approximate surface area is 143 Å². The number of thioether (sulfide) groups is 1. The number of oxazole rings is 1. The minimum atomic E-state index is -0.313. The van der Waals surface area contributed by atoms with Crippen molar-refractivity contribution in [1.82, 2.24) is 20.3 Å². The molecule has 2 amide bonds. The number of hydrogen-bond acceptors (Lipinski definition) is 6. The standard InChI is InChI=1S/C16H17N5O2S/c1-11-7-9-17-14(19-11)21-15(22)18-8-4-10-24-16-20-12-5-2-3-6-13(12)23-16/h2-3,5-7,9H,4,8,10H2,1H3,(H2,17,18,19,21,22). The summed E-state index contributed by atoms with van der Waals surface area (Å²) in [5.41, 5.74) is 2.45. The summed E-state index contributed by atoms with van der Waals surface area (Å²) in [5, 5.41) is 6.02. The summed E-state index contributed by atoms with van der Waals surface area (Å²) in [5.74, 6) is 1.10. The maximum absolute atomic E-state index is 11.7. The molecule has 0 radical (unpaired) electrons. The van der Waals surface area contributed by atoms with Crippen molar-refractivity contribution in [3.8, 4) is 0 Å². The van der Waals surface area contributed by atoms with E-state index >= 15 is 0 Å². The Hall–Kier alpha value is -2.61. The van der Waals surface area contributed by atoms with Crippen molar-refractivity contribution in [3.05, 3.63) is 42.2 Å². The summed E-state index contributed by atoms with van der Waals surface area (Å²) in [6.07, 6.45) is 2.40. The Morgan fingerprint density at radius 1 is 1.25 bits per heavy atom. The van der Waals surface area contributed by atoms with Crippen LogP contribution in [0.3, 0.4) is 0 Å².